The third-order valence-electron chi connectivity index (χ3n) is 0.941. The Bertz CT molecular complexity index is 152. The van der Waals surface area contributed by atoms with Gasteiger partial charge in [-0.05, 0) is 18.0 Å². The Hall–Kier alpha value is -0.150. The lowest BCUT2D eigenvalue weighted by atomic mass is 10.3. The first-order valence-electron chi connectivity index (χ1n) is 2.74. The molecule has 0 N–H and O–H groups in total. The van der Waals surface area contributed by atoms with Gasteiger partial charge < -0.3 is 0 Å². The summed E-state index contributed by atoms with van der Waals surface area (Å²) >= 11 is 6.85. The van der Waals surface area contributed by atoms with Gasteiger partial charge in [0.2, 0.25) is 0 Å². The van der Waals surface area contributed by atoms with Crippen molar-refractivity contribution in [1.82, 2.24) is 9.36 Å². The van der Waals surface area contributed by atoms with Crippen LogP contribution in [0.1, 0.15) is 12.2 Å². The second-order valence-electron chi connectivity index (χ2n) is 1.64. The second-order valence-corrected chi connectivity index (χ2v) is 2.62. The molecule has 0 atom stereocenters. The molecule has 0 fully saturated rings. The van der Waals surface area contributed by atoms with E-state index >= 15 is 0 Å². The predicted molar refractivity (Wildman–Crippen MR) is 39.0 cm³/mol. The Balaban J connectivity index is 2.30. The number of aryl methyl sites for hydroxylation is 1. The van der Waals surface area contributed by atoms with Crippen LogP contribution in [0.15, 0.2) is 5.51 Å². The molecule has 0 aliphatic rings. The van der Waals surface area contributed by atoms with Crippen molar-refractivity contribution < 1.29 is 0 Å². The van der Waals surface area contributed by atoms with Crippen LogP contribution in [0.25, 0.3) is 0 Å². The smallest absolute Gasteiger partial charge is 0.142 e. The SMILES string of the molecule is ClCCCc1ncsn1. The monoisotopic (exact) mass is 162 g/mol. The van der Waals surface area contributed by atoms with Crippen molar-refractivity contribution in [3.63, 3.8) is 0 Å². The lowest BCUT2D eigenvalue weighted by Crippen LogP contribution is -1.87. The average molecular weight is 163 g/mol. The topological polar surface area (TPSA) is 25.8 Å². The normalized spacial score (nSPS) is 9.89. The molecule has 0 unspecified atom stereocenters. The van der Waals surface area contributed by atoms with Gasteiger partial charge in [-0.3, -0.25) is 0 Å². The quantitative estimate of drug-likeness (QED) is 0.633. The maximum absolute atomic E-state index is 5.47. The summed E-state index contributed by atoms with van der Waals surface area (Å²) < 4.78 is 4.03. The van der Waals surface area contributed by atoms with Gasteiger partial charge in [-0.25, -0.2) is 4.98 Å². The lowest BCUT2D eigenvalue weighted by molar-refractivity contribution is 0.866. The number of halogens is 1. The van der Waals surface area contributed by atoms with Crippen LogP contribution in [0.3, 0.4) is 0 Å². The molecule has 1 heterocycles. The summed E-state index contributed by atoms with van der Waals surface area (Å²) in [6, 6.07) is 0. The molecule has 0 saturated heterocycles. The van der Waals surface area contributed by atoms with E-state index in [1.54, 1.807) is 5.51 Å². The molecule has 0 bridgehead atoms. The second kappa shape index (κ2) is 3.80. The highest BCUT2D eigenvalue weighted by molar-refractivity contribution is 7.03. The number of hydrogen-bond donors (Lipinski definition) is 0. The number of alkyl halides is 1. The largest absolute Gasteiger partial charge is 0.228 e. The van der Waals surface area contributed by atoms with Gasteiger partial charge >= 0.3 is 0 Å². The Morgan fingerprint density at radius 3 is 3.11 bits per heavy atom. The van der Waals surface area contributed by atoms with Crippen molar-refractivity contribution >= 4 is 23.1 Å². The number of nitrogens with zero attached hydrogens (tertiary/aromatic N) is 2. The van der Waals surface area contributed by atoms with Gasteiger partial charge in [-0.2, -0.15) is 4.37 Å². The highest BCUT2D eigenvalue weighted by atomic mass is 35.5. The van der Waals surface area contributed by atoms with Crippen LogP contribution in [-0.2, 0) is 6.42 Å². The molecule has 50 valence electrons. The molecule has 1 aromatic heterocycles. The zero-order chi connectivity index (χ0) is 6.53. The van der Waals surface area contributed by atoms with Gasteiger partial charge in [-0.15, -0.1) is 11.6 Å². The van der Waals surface area contributed by atoms with Crippen LogP contribution >= 0.6 is 23.1 Å². The van der Waals surface area contributed by atoms with Crippen molar-refractivity contribution in [3.8, 4) is 0 Å². The predicted octanol–water partition coefficient (Wildman–Crippen LogP) is 1.71. The van der Waals surface area contributed by atoms with Crippen LogP contribution in [0.5, 0.6) is 0 Å². The van der Waals surface area contributed by atoms with Gasteiger partial charge in [0.15, 0.2) is 0 Å². The van der Waals surface area contributed by atoms with E-state index in [4.69, 9.17) is 11.6 Å². The maximum atomic E-state index is 5.47. The summed E-state index contributed by atoms with van der Waals surface area (Å²) in [5, 5.41) is 0. The van der Waals surface area contributed by atoms with Crippen molar-refractivity contribution in [2.24, 2.45) is 0 Å². The standard InChI is InChI=1S/C5H7ClN2S/c6-3-1-2-5-7-4-9-8-5/h4H,1-3H2. The van der Waals surface area contributed by atoms with Gasteiger partial charge in [0.1, 0.15) is 11.3 Å². The first kappa shape index (κ1) is 6.96. The fourth-order valence-corrected chi connectivity index (χ4v) is 1.14. The summed E-state index contributed by atoms with van der Waals surface area (Å²) in [4.78, 5) is 4.00. The molecule has 0 saturated carbocycles. The van der Waals surface area contributed by atoms with E-state index in [0.717, 1.165) is 18.7 Å². The molecule has 1 aromatic rings. The summed E-state index contributed by atoms with van der Waals surface area (Å²) in [6.07, 6.45) is 1.88. The molecule has 4 heteroatoms. The lowest BCUT2D eigenvalue weighted by Gasteiger charge is -1.86. The van der Waals surface area contributed by atoms with E-state index in [1.165, 1.54) is 11.5 Å². The van der Waals surface area contributed by atoms with Crippen molar-refractivity contribution in [2.45, 2.75) is 12.8 Å². The van der Waals surface area contributed by atoms with Crippen molar-refractivity contribution in [3.05, 3.63) is 11.3 Å². The van der Waals surface area contributed by atoms with E-state index in [0.29, 0.717) is 5.88 Å². The zero-order valence-corrected chi connectivity index (χ0v) is 6.45. The average Bonchev–Trinajstić information content (AvgIpc) is 2.34. The minimum atomic E-state index is 0.694. The number of rotatable bonds is 3. The first-order valence-corrected chi connectivity index (χ1v) is 4.12. The van der Waals surface area contributed by atoms with Crippen molar-refractivity contribution in [2.75, 3.05) is 5.88 Å². The van der Waals surface area contributed by atoms with E-state index in [-0.39, 0.29) is 0 Å². The van der Waals surface area contributed by atoms with Crippen LogP contribution in [-0.4, -0.2) is 15.2 Å². The summed E-state index contributed by atoms with van der Waals surface area (Å²) in [7, 11) is 0. The maximum Gasteiger partial charge on any atom is 0.142 e. The molecule has 0 spiro atoms. The van der Waals surface area contributed by atoms with Crippen LogP contribution in [0.4, 0.5) is 0 Å². The Morgan fingerprint density at radius 1 is 1.67 bits per heavy atom. The molecule has 0 amide bonds. The number of hydrogen-bond acceptors (Lipinski definition) is 3. The molecule has 0 aromatic carbocycles. The molecular weight excluding hydrogens is 156 g/mol. The van der Waals surface area contributed by atoms with Gasteiger partial charge in [-0.1, -0.05) is 0 Å². The minimum absolute atomic E-state index is 0.694. The molecule has 9 heavy (non-hydrogen) atoms. The van der Waals surface area contributed by atoms with E-state index in [1.807, 2.05) is 0 Å². The molecule has 0 aliphatic heterocycles. The van der Waals surface area contributed by atoms with Gasteiger partial charge in [0, 0.05) is 12.3 Å². The summed E-state index contributed by atoms with van der Waals surface area (Å²) in [5.41, 5.74) is 1.74. The van der Waals surface area contributed by atoms with Crippen LogP contribution < -0.4 is 0 Å². The zero-order valence-electron chi connectivity index (χ0n) is 4.88. The van der Waals surface area contributed by atoms with Gasteiger partial charge in [0.25, 0.3) is 0 Å². The third kappa shape index (κ3) is 2.28. The van der Waals surface area contributed by atoms with Crippen LogP contribution in [0, 0.1) is 0 Å². The molecule has 2 nitrogen and oxygen atoms in total. The Kier molecular flexibility index (Phi) is 2.94. The summed E-state index contributed by atoms with van der Waals surface area (Å²) in [5.74, 6) is 1.61. The molecule has 0 radical (unpaired) electrons. The molecular formula is C5H7ClN2S. The fraction of sp³-hybridized carbons (Fsp3) is 0.600. The summed E-state index contributed by atoms with van der Waals surface area (Å²) in [6.45, 7) is 0. The first-order chi connectivity index (χ1) is 4.43. The van der Waals surface area contributed by atoms with E-state index in [2.05, 4.69) is 9.36 Å². The van der Waals surface area contributed by atoms with E-state index in [9.17, 15) is 0 Å². The van der Waals surface area contributed by atoms with Gasteiger partial charge in [0.05, 0.1) is 0 Å². The highest BCUT2D eigenvalue weighted by Crippen LogP contribution is 1.98. The minimum Gasteiger partial charge on any atom is -0.228 e. The van der Waals surface area contributed by atoms with Crippen molar-refractivity contribution in [1.29, 1.82) is 0 Å². The third-order valence-corrected chi connectivity index (χ3v) is 1.72. The highest BCUT2D eigenvalue weighted by Gasteiger charge is 1.93. The van der Waals surface area contributed by atoms with Crippen LogP contribution in [0.2, 0.25) is 0 Å². The Labute approximate surface area is 63.1 Å². The number of aromatic nitrogens is 2. The molecule has 1 rings (SSSR count). The Morgan fingerprint density at radius 2 is 2.56 bits per heavy atom. The fourth-order valence-electron chi connectivity index (χ4n) is 0.528. The van der Waals surface area contributed by atoms with E-state index < -0.39 is 0 Å². The molecule has 0 aliphatic carbocycles.